The van der Waals surface area contributed by atoms with Gasteiger partial charge in [0.15, 0.2) is 5.75 Å². The van der Waals surface area contributed by atoms with Crippen molar-refractivity contribution in [3.05, 3.63) is 114 Å². The minimum Gasteiger partial charge on any atom is -0.486 e. The van der Waals surface area contributed by atoms with Crippen LogP contribution in [0.1, 0.15) is 29.8 Å². The van der Waals surface area contributed by atoms with Crippen molar-refractivity contribution in [2.75, 3.05) is 37.4 Å². The zero-order valence-electron chi connectivity index (χ0n) is 25.9. The van der Waals surface area contributed by atoms with E-state index < -0.39 is 6.03 Å². The van der Waals surface area contributed by atoms with Gasteiger partial charge in [-0.05, 0) is 68.1 Å². The van der Waals surface area contributed by atoms with Gasteiger partial charge in [0.25, 0.3) is 5.91 Å². The van der Waals surface area contributed by atoms with E-state index in [1.807, 2.05) is 93.7 Å². The zero-order valence-corrected chi connectivity index (χ0v) is 25.9. The van der Waals surface area contributed by atoms with E-state index in [4.69, 9.17) is 9.47 Å². The molecule has 4 aromatic carbocycles. The summed E-state index contributed by atoms with van der Waals surface area (Å²) in [4.78, 5) is 30.6. The van der Waals surface area contributed by atoms with Crippen molar-refractivity contribution in [3.63, 3.8) is 0 Å². The number of rotatable bonds is 10. The van der Waals surface area contributed by atoms with Gasteiger partial charge in [0, 0.05) is 31.2 Å². The molecule has 3 atom stereocenters. The van der Waals surface area contributed by atoms with Gasteiger partial charge in [-0.2, -0.15) is 0 Å². The number of aliphatic hydroxyl groups excluding tert-OH is 1. The molecule has 9 nitrogen and oxygen atoms in total. The van der Waals surface area contributed by atoms with Crippen molar-refractivity contribution in [1.82, 2.24) is 9.80 Å². The Kier molecular flexibility index (Phi) is 10.3. The lowest BCUT2D eigenvalue weighted by molar-refractivity contribution is 0.0343. The Morgan fingerprint density at radius 1 is 0.956 bits per heavy atom. The minimum atomic E-state index is -0.449. The number of carbonyl (C=O) groups excluding carboxylic acids is 2. The second-order valence-electron chi connectivity index (χ2n) is 11.5. The molecular weight excluding hydrogens is 568 g/mol. The van der Waals surface area contributed by atoms with Crippen molar-refractivity contribution in [2.24, 2.45) is 5.92 Å². The quantitative estimate of drug-likeness (QED) is 0.191. The predicted molar refractivity (Wildman–Crippen MR) is 176 cm³/mol. The van der Waals surface area contributed by atoms with E-state index in [2.05, 4.69) is 15.5 Å². The number of hydrogen-bond acceptors (Lipinski definition) is 6. The molecule has 0 spiro atoms. The number of anilines is 2. The van der Waals surface area contributed by atoms with E-state index in [1.54, 1.807) is 35.2 Å². The number of ether oxygens (including phenoxy) is 2. The summed E-state index contributed by atoms with van der Waals surface area (Å²) in [6.07, 6.45) is -0.323. The van der Waals surface area contributed by atoms with E-state index in [1.165, 1.54) is 0 Å². The maximum atomic E-state index is 13.8. The number of carbonyl (C=O) groups is 2. The van der Waals surface area contributed by atoms with Gasteiger partial charge >= 0.3 is 6.03 Å². The first-order chi connectivity index (χ1) is 21.8. The number of likely N-dealkylation sites (N-methyl/N-ethyl adjacent to an activating group) is 1. The monoisotopic (exact) mass is 608 g/mol. The Hall–Kier alpha value is -4.86. The highest BCUT2D eigenvalue weighted by molar-refractivity contribution is 6.04. The number of aliphatic hydroxyl groups is 1. The molecule has 9 heteroatoms. The van der Waals surface area contributed by atoms with Gasteiger partial charge in [0.05, 0.1) is 23.9 Å². The van der Waals surface area contributed by atoms with Gasteiger partial charge in [-0.3, -0.25) is 9.69 Å². The molecule has 0 aliphatic carbocycles. The lowest BCUT2D eigenvalue weighted by atomic mass is 9.99. The molecule has 3 N–H and O–H groups in total. The van der Waals surface area contributed by atoms with Gasteiger partial charge in [-0.15, -0.1) is 0 Å². The van der Waals surface area contributed by atoms with Crippen LogP contribution in [0.4, 0.5) is 16.2 Å². The summed E-state index contributed by atoms with van der Waals surface area (Å²) in [7, 11) is 2.03. The van der Waals surface area contributed by atoms with E-state index >= 15 is 0 Å². The Labute approximate surface area is 264 Å². The topological polar surface area (TPSA) is 103 Å². The summed E-state index contributed by atoms with van der Waals surface area (Å²) in [5.74, 6) is 1.53. The van der Waals surface area contributed by atoms with E-state index in [-0.39, 0.29) is 30.6 Å². The second kappa shape index (κ2) is 14.7. The predicted octanol–water partition coefficient (Wildman–Crippen LogP) is 6.48. The molecule has 1 heterocycles. The van der Waals surface area contributed by atoms with Gasteiger partial charge < -0.3 is 30.1 Å². The van der Waals surface area contributed by atoms with E-state index in [0.29, 0.717) is 42.3 Å². The normalized spacial score (nSPS) is 17.0. The lowest BCUT2D eigenvalue weighted by Crippen LogP contribution is -2.49. The van der Waals surface area contributed by atoms with Crippen LogP contribution in [0.2, 0.25) is 0 Å². The highest BCUT2D eigenvalue weighted by Gasteiger charge is 2.34. The molecule has 1 aliphatic heterocycles. The van der Waals surface area contributed by atoms with Crippen molar-refractivity contribution in [3.8, 4) is 17.2 Å². The Morgan fingerprint density at radius 2 is 1.62 bits per heavy atom. The van der Waals surface area contributed by atoms with Crippen molar-refractivity contribution in [2.45, 2.75) is 32.5 Å². The molecular formula is C36H40N4O5. The first-order valence-electron chi connectivity index (χ1n) is 15.2. The van der Waals surface area contributed by atoms with Crippen LogP contribution in [-0.2, 0) is 6.54 Å². The van der Waals surface area contributed by atoms with Gasteiger partial charge in [-0.25, -0.2) is 4.79 Å². The molecule has 234 valence electrons. The molecule has 0 bridgehead atoms. The summed E-state index contributed by atoms with van der Waals surface area (Å²) in [5.41, 5.74) is 2.48. The lowest BCUT2D eigenvalue weighted by Gasteiger charge is -2.38. The minimum absolute atomic E-state index is 0.0774. The summed E-state index contributed by atoms with van der Waals surface area (Å²) in [5, 5.41) is 15.7. The first kappa shape index (κ1) is 31.6. The van der Waals surface area contributed by atoms with Crippen molar-refractivity contribution in [1.29, 1.82) is 0 Å². The van der Waals surface area contributed by atoms with Crippen molar-refractivity contribution >= 4 is 23.3 Å². The number of urea groups is 1. The summed E-state index contributed by atoms with van der Waals surface area (Å²) in [6, 6.07) is 31.1. The number of nitrogens with one attached hydrogen (secondary N) is 2. The largest absolute Gasteiger partial charge is 0.486 e. The van der Waals surface area contributed by atoms with Gasteiger partial charge in [-0.1, -0.05) is 61.5 Å². The molecule has 3 amide bonds. The molecule has 0 saturated carbocycles. The maximum absolute atomic E-state index is 13.8. The zero-order chi connectivity index (χ0) is 31.8. The number of amides is 3. The van der Waals surface area contributed by atoms with Crippen LogP contribution in [0.15, 0.2) is 103 Å². The Morgan fingerprint density at radius 3 is 2.31 bits per heavy atom. The van der Waals surface area contributed by atoms with Crippen LogP contribution in [0.5, 0.6) is 17.2 Å². The molecule has 0 fully saturated rings. The third-order valence-electron chi connectivity index (χ3n) is 7.82. The number of nitrogens with zero attached hydrogens (tertiary/aromatic N) is 2. The summed E-state index contributed by atoms with van der Waals surface area (Å²) >= 11 is 0. The second-order valence-corrected chi connectivity index (χ2v) is 11.5. The molecule has 0 radical (unpaired) electrons. The van der Waals surface area contributed by atoms with Crippen LogP contribution in [0.25, 0.3) is 0 Å². The maximum Gasteiger partial charge on any atom is 0.323 e. The standard InChI is InChI=1S/C36H40N4O5/c1-25-21-40(26(2)24-41)35(42)31-15-10-16-32(38-36(43)37-28-11-6-4-7-12-28)34(31)45-33(25)23-39(3)22-27-17-19-30(20-18-27)44-29-13-8-5-9-14-29/h4-20,25-26,33,41H,21-24H2,1-3H3,(H2,37,38,43)/t25-,26-,33+/m0/s1. The molecule has 5 rings (SSSR count). The van der Waals surface area contributed by atoms with E-state index in [9.17, 15) is 14.7 Å². The Balaban J connectivity index is 1.34. The molecule has 1 aliphatic rings. The number of fused-ring (bicyclic) bond motifs is 1. The number of hydrogen-bond donors (Lipinski definition) is 3. The van der Waals surface area contributed by atoms with Crippen molar-refractivity contribution < 1.29 is 24.2 Å². The third kappa shape index (κ3) is 8.20. The molecule has 0 aromatic heterocycles. The fourth-order valence-corrected chi connectivity index (χ4v) is 5.34. The molecule has 0 unspecified atom stereocenters. The van der Waals surface area contributed by atoms with Crippen LogP contribution in [0, 0.1) is 5.92 Å². The van der Waals surface area contributed by atoms with Crippen LogP contribution in [-0.4, -0.2) is 65.7 Å². The fraction of sp³-hybridized carbons (Fsp3) is 0.278. The van der Waals surface area contributed by atoms with Crippen LogP contribution in [0.3, 0.4) is 0 Å². The van der Waals surface area contributed by atoms with Crippen LogP contribution < -0.4 is 20.1 Å². The van der Waals surface area contributed by atoms with E-state index in [0.717, 1.165) is 17.1 Å². The fourth-order valence-electron chi connectivity index (χ4n) is 5.34. The average Bonchev–Trinajstić information content (AvgIpc) is 3.04. The highest BCUT2D eigenvalue weighted by atomic mass is 16.5. The van der Waals surface area contributed by atoms with Gasteiger partial charge in [0.2, 0.25) is 0 Å². The summed E-state index contributed by atoms with van der Waals surface area (Å²) in [6.45, 7) is 5.34. The SMILES string of the molecule is C[C@H]1CN([C@@H](C)CO)C(=O)c2cccc(NC(=O)Nc3ccccc3)c2O[C@@H]1CN(C)Cc1ccc(Oc2ccccc2)cc1. The number of para-hydroxylation sites is 3. The summed E-state index contributed by atoms with van der Waals surface area (Å²) < 4.78 is 12.6. The first-order valence-corrected chi connectivity index (χ1v) is 15.2. The Bertz CT molecular complexity index is 1570. The van der Waals surface area contributed by atoms with Crippen LogP contribution >= 0.6 is 0 Å². The molecule has 45 heavy (non-hydrogen) atoms. The smallest absolute Gasteiger partial charge is 0.323 e. The number of benzene rings is 4. The average molecular weight is 609 g/mol. The third-order valence-corrected chi connectivity index (χ3v) is 7.82. The van der Waals surface area contributed by atoms with Gasteiger partial charge in [0.1, 0.15) is 17.6 Å². The highest BCUT2D eigenvalue weighted by Crippen LogP contribution is 2.35. The molecule has 4 aromatic rings. The molecule has 0 saturated heterocycles.